The monoisotopic (exact) mass is 294 g/mol. The van der Waals surface area contributed by atoms with Gasteiger partial charge in [0.1, 0.15) is 0 Å². The maximum Gasteiger partial charge on any atom is 0.328 e. The molecule has 108 valence electrons. The molecule has 5 heteroatoms. The molecule has 1 saturated heterocycles. The van der Waals surface area contributed by atoms with Crippen molar-refractivity contribution in [3.05, 3.63) is 29.3 Å². The molecule has 1 fully saturated rings. The molecule has 20 heavy (non-hydrogen) atoms. The van der Waals surface area contributed by atoms with Gasteiger partial charge < -0.3 is 5.32 Å². The highest BCUT2D eigenvalue weighted by molar-refractivity contribution is 6.31. The van der Waals surface area contributed by atoms with Gasteiger partial charge in [-0.1, -0.05) is 38.4 Å². The molecular formula is C15H19ClN2O2. The van der Waals surface area contributed by atoms with Crippen LogP contribution < -0.4 is 10.2 Å². The lowest BCUT2D eigenvalue weighted by molar-refractivity contribution is -0.123. The molecule has 1 unspecified atom stereocenters. The van der Waals surface area contributed by atoms with Crippen LogP contribution in [-0.2, 0) is 4.79 Å². The zero-order valence-electron chi connectivity index (χ0n) is 11.9. The third kappa shape index (κ3) is 3.31. The van der Waals surface area contributed by atoms with Crippen LogP contribution in [0, 0.1) is 11.3 Å². The summed E-state index contributed by atoms with van der Waals surface area (Å²) in [5, 5.41) is 3.28. The lowest BCUT2D eigenvalue weighted by Crippen LogP contribution is -2.55. The zero-order valence-corrected chi connectivity index (χ0v) is 12.7. The van der Waals surface area contributed by atoms with E-state index < -0.39 is 0 Å². The molecule has 1 aliphatic heterocycles. The Kier molecular flexibility index (Phi) is 4.04. The Morgan fingerprint density at radius 2 is 2.05 bits per heavy atom. The number of amides is 3. The number of rotatable bonds is 2. The second kappa shape index (κ2) is 5.44. The lowest BCUT2D eigenvalue weighted by atomic mass is 9.83. The van der Waals surface area contributed by atoms with Gasteiger partial charge in [-0.3, -0.25) is 4.79 Å². The quantitative estimate of drug-likeness (QED) is 0.908. The molecule has 0 spiro atoms. The maximum absolute atomic E-state index is 12.5. The summed E-state index contributed by atoms with van der Waals surface area (Å²) in [5.74, 6) is -0.363. The Morgan fingerprint density at radius 1 is 1.35 bits per heavy atom. The van der Waals surface area contributed by atoms with E-state index in [1.807, 2.05) is 0 Å². The minimum absolute atomic E-state index is 0.0302. The van der Waals surface area contributed by atoms with E-state index in [9.17, 15) is 9.59 Å². The van der Waals surface area contributed by atoms with E-state index in [0.717, 1.165) is 6.42 Å². The van der Waals surface area contributed by atoms with E-state index in [2.05, 4.69) is 26.1 Å². The largest absolute Gasteiger partial charge is 0.337 e. The fraction of sp³-hybridized carbons (Fsp3) is 0.467. The van der Waals surface area contributed by atoms with Gasteiger partial charge in [-0.15, -0.1) is 0 Å². The predicted octanol–water partition coefficient (Wildman–Crippen LogP) is 3.45. The van der Waals surface area contributed by atoms with Gasteiger partial charge in [0, 0.05) is 11.6 Å². The summed E-state index contributed by atoms with van der Waals surface area (Å²) in [5.41, 5.74) is 0.543. The van der Waals surface area contributed by atoms with E-state index in [1.54, 1.807) is 24.3 Å². The minimum atomic E-state index is -0.387. The van der Waals surface area contributed by atoms with Crippen LogP contribution in [0.5, 0.6) is 0 Å². The number of urea groups is 1. The summed E-state index contributed by atoms with van der Waals surface area (Å²) >= 11 is 5.93. The topological polar surface area (TPSA) is 49.4 Å². The third-order valence-electron chi connectivity index (χ3n) is 3.20. The van der Waals surface area contributed by atoms with Gasteiger partial charge in [0.25, 0.3) is 0 Å². The predicted molar refractivity (Wildman–Crippen MR) is 79.9 cm³/mol. The van der Waals surface area contributed by atoms with Crippen LogP contribution in [0.1, 0.15) is 27.2 Å². The molecule has 0 aromatic heterocycles. The molecule has 1 atom stereocenters. The lowest BCUT2D eigenvalue weighted by Gasteiger charge is -2.34. The van der Waals surface area contributed by atoms with Crippen molar-refractivity contribution in [2.24, 2.45) is 11.3 Å². The van der Waals surface area contributed by atoms with Crippen molar-refractivity contribution in [3.8, 4) is 0 Å². The molecule has 1 heterocycles. The van der Waals surface area contributed by atoms with Gasteiger partial charge in [-0.05, 0) is 30.0 Å². The number of hydrogen-bond acceptors (Lipinski definition) is 2. The highest BCUT2D eigenvalue weighted by Crippen LogP contribution is 2.29. The van der Waals surface area contributed by atoms with Crippen molar-refractivity contribution in [1.29, 1.82) is 0 Å². The maximum atomic E-state index is 12.5. The Hall–Kier alpha value is -1.55. The van der Waals surface area contributed by atoms with Crippen LogP contribution in [0.3, 0.4) is 0 Å². The number of halogens is 1. The van der Waals surface area contributed by atoms with E-state index in [0.29, 0.717) is 17.3 Å². The molecule has 1 aliphatic rings. The van der Waals surface area contributed by atoms with Gasteiger partial charge in [-0.25, -0.2) is 9.69 Å². The fourth-order valence-electron chi connectivity index (χ4n) is 2.42. The van der Waals surface area contributed by atoms with Gasteiger partial charge in [0.2, 0.25) is 5.91 Å². The van der Waals surface area contributed by atoms with Gasteiger partial charge in [0.05, 0.1) is 11.6 Å². The SMILES string of the molecule is CC(C)(C)CC1CNC(=O)N(c2cccc(Cl)c2)C1=O. The van der Waals surface area contributed by atoms with Crippen molar-refractivity contribution < 1.29 is 9.59 Å². The number of nitrogens with one attached hydrogen (secondary N) is 1. The number of hydrogen-bond donors (Lipinski definition) is 1. The van der Waals surface area contributed by atoms with Crippen molar-refractivity contribution in [3.63, 3.8) is 0 Å². The molecule has 4 nitrogen and oxygen atoms in total. The fourth-order valence-corrected chi connectivity index (χ4v) is 2.60. The normalized spacial score (nSPS) is 20.0. The standard InChI is InChI=1S/C15H19ClN2O2/c1-15(2,3)8-10-9-17-14(20)18(13(10)19)12-6-4-5-11(16)7-12/h4-7,10H,8-9H2,1-3H3,(H,17,20). The summed E-state index contributed by atoms with van der Waals surface area (Å²) in [6, 6.07) is 6.39. The molecule has 0 aliphatic carbocycles. The van der Waals surface area contributed by atoms with Crippen LogP contribution in [0.4, 0.5) is 10.5 Å². The Morgan fingerprint density at radius 3 is 2.65 bits per heavy atom. The highest BCUT2D eigenvalue weighted by atomic mass is 35.5. The second-order valence-electron chi connectivity index (χ2n) is 6.30. The molecule has 0 saturated carbocycles. The van der Waals surface area contributed by atoms with Gasteiger partial charge >= 0.3 is 6.03 Å². The molecule has 3 amide bonds. The number of benzene rings is 1. The molecular weight excluding hydrogens is 276 g/mol. The summed E-state index contributed by atoms with van der Waals surface area (Å²) in [6.45, 7) is 6.65. The highest BCUT2D eigenvalue weighted by Gasteiger charge is 2.37. The van der Waals surface area contributed by atoms with E-state index in [-0.39, 0.29) is 23.3 Å². The number of nitrogens with zero attached hydrogens (tertiary/aromatic N) is 1. The number of anilines is 1. The minimum Gasteiger partial charge on any atom is -0.337 e. The van der Waals surface area contributed by atoms with Crippen LogP contribution >= 0.6 is 11.6 Å². The molecule has 1 aromatic rings. The van der Waals surface area contributed by atoms with E-state index in [1.165, 1.54) is 4.90 Å². The number of carbonyl (C=O) groups is 2. The summed E-state index contributed by atoms with van der Waals surface area (Å²) in [7, 11) is 0. The summed E-state index contributed by atoms with van der Waals surface area (Å²) < 4.78 is 0. The molecule has 2 rings (SSSR count). The van der Waals surface area contributed by atoms with E-state index in [4.69, 9.17) is 11.6 Å². The third-order valence-corrected chi connectivity index (χ3v) is 3.43. The van der Waals surface area contributed by atoms with Crippen LogP contribution in [0.15, 0.2) is 24.3 Å². The van der Waals surface area contributed by atoms with Crippen molar-refractivity contribution in [2.45, 2.75) is 27.2 Å². The summed E-state index contributed by atoms with van der Waals surface area (Å²) in [4.78, 5) is 25.7. The van der Waals surface area contributed by atoms with Crippen LogP contribution in [0.25, 0.3) is 0 Å². The second-order valence-corrected chi connectivity index (χ2v) is 6.74. The number of imide groups is 1. The first-order chi connectivity index (χ1) is 9.28. The first-order valence-electron chi connectivity index (χ1n) is 6.65. The summed E-state index contributed by atoms with van der Waals surface area (Å²) in [6.07, 6.45) is 0.725. The Labute approximate surface area is 124 Å². The smallest absolute Gasteiger partial charge is 0.328 e. The first-order valence-corrected chi connectivity index (χ1v) is 7.03. The molecule has 1 aromatic carbocycles. The zero-order chi connectivity index (χ0) is 14.9. The first kappa shape index (κ1) is 14.9. The average molecular weight is 295 g/mol. The van der Waals surface area contributed by atoms with Crippen molar-refractivity contribution >= 4 is 29.2 Å². The van der Waals surface area contributed by atoms with Crippen molar-refractivity contribution in [1.82, 2.24) is 5.32 Å². The Balaban J connectivity index is 2.27. The number of carbonyl (C=O) groups excluding carboxylic acids is 2. The van der Waals surface area contributed by atoms with Gasteiger partial charge in [0.15, 0.2) is 0 Å². The molecule has 0 bridgehead atoms. The van der Waals surface area contributed by atoms with Gasteiger partial charge in [-0.2, -0.15) is 0 Å². The molecule has 1 N–H and O–H groups in total. The van der Waals surface area contributed by atoms with E-state index >= 15 is 0 Å². The molecule has 0 radical (unpaired) electrons. The average Bonchev–Trinajstić information content (AvgIpc) is 2.32. The van der Waals surface area contributed by atoms with Crippen LogP contribution in [0.2, 0.25) is 5.02 Å². The van der Waals surface area contributed by atoms with Crippen LogP contribution in [-0.4, -0.2) is 18.5 Å². The Bertz CT molecular complexity index is 537. The van der Waals surface area contributed by atoms with Crippen molar-refractivity contribution in [2.75, 3.05) is 11.4 Å².